The summed E-state index contributed by atoms with van der Waals surface area (Å²) in [6, 6.07) is 7.16. The van der Waals surface area contributed by atoms with Crippen molar-refractivity contribution in [3.63, 3.8) is 0 Å². The number of carbonyl (C=O) groups is 1. The molecule has 2 aromatic heterocycles. The molecule has 2 heterocycles. The summed E-state index contributed by atoms with van der Waals surface area (Å²) in [6.07, 6.45) is 4.89. The number of nitrogens with zero attached hydrogens (tertiary/aromatic N) is 1. The van der Waals surface area contributed by atoms with Crippen LogP contribution >= 0.6 is 22.9 Å². The number of hydrogen-bond donors (Lipinski definition) is 0. The number of hydrogen-bond acceptors (Lipinski definition) is 3. The molecule has 2 nitrogen and oxygen atoms in total. The van der Waals surface area contributed by atoms with Crippen molar-refractivity contribution >= 4 is 34.8 Å². The molecule has 0 N–H and O–H groups in total. The van der Waals surface area contributed by atoms with Crippen molar-refractivity contribution < 1.29 is 4.79 Å². The molecule has 2 rings (SSSR count). The van der Waals surface area contributed by atoms with Crippen LogP contribution in [-0.4, -0.2) is 10.8 Å². The van der Waals surface area contributed by atoms with Gasteiger partial charge in [-0.1, -0.05) is 23.7 Å². The van der Waals surface area contributed by atoms with Gasteiger partial charge in [0.15, 0.2) is 5.78 Å². The van der Waals surface area contributed by atoms with E-state index in [1.165, 1.54) is 17.4 Å². The molecule has 0 aliphatic rings. The van der Waals surface area contributed by atoms with E-state index in [4.69, 9.17) is 11.6 Å². The first-order chi connectivity index (χ1) is 7.75. The number of allylic oxidation sites excluding steroid dienone is 1. The molecule has 0 fully saturated rings. The zero-order valence-corrected chi connectivity index (χ0v) is 9.83. The summed E-state index contributed by atoms with van der Waals surface area (Å²) in [5.74, 6) is 0.00458. The molecule has 80 valence electrons. The Morgan fingerprint density at radius 1 is 1.38 bits per heavy atom. The average molecular weight is 250 g/mol. The Kier molecular flexibility index (Phi) is 3.49. The van der Waals surface area contributed by atoms with Crippen LogP contribution < -0.4 is 0 Å². The number of rotatable bonds is 3. The summed E-state index contributed by atoms with van der Waals surface area (Å²) in [5, 5.41) is 2.33. The minimum atomic E-state index is 0.00458. The van der Waals surface area contributed by atoms with E-state index < -0.39 is 0 Å². The van der Waals surface area contributed by atoms with Gasteiger partial charge in [-0.3, -0.25) is 4.79 Å². The minimum Gasteiger partial charge on any atom is -0.288 e. The third-order valence-electron chi connectivity index (χ3n) is 1.94. The number of aromatic nitrogens is 1. The predicted octanol–water partition coefficient (Wildman–Crippen LogP) is 3.69. The fourth-order valence-corrected chi connectivity index (χ4v) is 1.92. The second kappa shape index (κ2) is 5.05. The molecule has 0 unspecified atom stereocenters. The lowest BCUT2D eigenvalue weighted by Gasteiger charge is -1.92. The molecular formula is C12H8ClNOS. The van der Waals surface area contributed by atoms with Crippen LogP contribution in [0.3, 0.4) is 0 Å². The lowest BCUT2D eigenvalue weighted by atomic mass is 10.2. The van der Waals surface area contributed by atoms with Crippen molar-refractivity contribution in [3.8, 4) is 0 Å². The van der Waals surface area contributed by atoms with Gasteiger partial charge in [-0.2, -0.15) is 0 Å². The van der Waals surface area contributed by atoms with Crippen LogP contribution in [0.25, 0.3) is 6.08 Å². The van der Waals surface area contributed by atoms with Crippen molar-refractivity contribution in [2.24, 2.45) is 0 Å². The maximum Gasteiger partial charge on any atom is 0.195 e. The summed E-state index contributed by atoms with van der Waals surface area (Å²) < 4.78 is 0. The minimum absolute atomic E-state index is 0.00458. The standard InChI is InChI=1S/C12H8ClNOS/c13-12-6-4-9(8-14-12)3-5-10(15)11-2-1-7-16-11/h1-8H/b5-3+. The molecule has 0 saturated heterocycles. The van der Waals surface area contributed by atoms with Gasteiger partial charge in [-0.05, 0) is 35.2 Å². The zero-order chi connectivity index (χ0) is 11.4. The van der Waals surface area contributed by atoms with Crippen LogP contribution in [0.4, 0.5) is 0 Å². The topological polar surface area (TPSA) is 30.0 Å². The van der Waals surface area contributed by atoms with Gasteiger partial charge in [-0.25, -0.2) is 4.98 Å². The van der Waals surface area contributed by atoms with E-state index in [0.717, 1.165) is 10.4 Å². The molecule has 0 atom stereocenters. The summed E-state index contributed by atoms with van der Waals surface area (Å²) in [4.78, 5) is 16.3. The lowest BCUT2D eigenvalue weighted by molar-refractivity contribution is 0.105. The van der Waals surface area contributed by atoms with Crippen molar-refractivity contribution in [2.75, 3.05) is 0 Å². The Hall–Kier alpha value is -1.45. The van der Waals surface area contributed by atoms with E-state index in [2.05, 4.69) is 4.98 Å². The Morgan fingerprint density at radius 3 is 2.88 bits per heavy atom. The van der Waals surface area contributed by atoms with E-state index in [1.807, 2.05) is 17.5 Å². The molecular weight excluding hydrogens is 242 g/mol. The molecule has 0 spiro atoms. The van der Waals surface area contributed by atoms with Gasteiger partial charge in [0.2, 0.25) is 0 Å². The highest BCUT2D eigenvalue weighted by atomic mass is 35.5. The first-order valence-electron chi connectivity index (χ1n) is 4.63. The summed E-state index contributed by atoms with van der Waals surface area (Å²) in [7, 11) is 0. The van der Waals surface area contributed by atoms with E-state index in [0.29, 0.717) is 5.15 Å². The number of ketones is 1. The summed E-state index contributed by atoms with van der Waals surface area (Å²) >= 11 is 7.09. The highest BCUT2D eigenvalue weighted by Crippen LogP contribution is 2.11. The Labute approximate surface area is 102 Å². The lowest BCUT2D eigenvalue weighted by Crippen LogP contribution is -1.88. The predicted molar refractivity (Wildman–Crippen MR) is 66.9 cm³/mol. The van der Waals surface area contributed by atoms with E-state index in [1.54, 1.807) is 24.4 Å². The molecule has 0 aromatic carbocycles. The third kappa shape index (κ3) is 2.78. The number of halogens is 1. The van der Waals surface area contributed by atoms with Crippen LogP contribution in [-0.2, 0) is 0 Å². The summed E-state index contributed by atoms with van der Waals surface area (Å²) in [6.45, 7) is 0. The van der Waals surface area contributed by atoms with Gasteiger partial charge in [-0.15, -0.1) is 11.3 Å². The van der Waals surface area contributed by atoms with Gasteiger partial charge in [0, 0.05) is 6.20 Å². The van der Waals surface area contributed by atoms with Gasteiger partial charge < -0.3 is 0 Å². The van der Waals surface area contributed by atoms with Crippen molar-refractivity contribution in [2.45, 2.75) is 0 Å². The van der Waals surface area contributed by atoms with E-state index >= 15 is 0 Å². The first-order valence-corrected chi connectivity index (χ1v) is 5.89. The van der Waals surface area contributed by atoms with Crippen molar-refractivity contribution in [3.05, 3.63) is 57.5 Å². The average Bonchev–Trinajstić information content (AvgIpc) is 2.81. The molecule has 0 aliphatic carbocycles. The first kappa shape index (κ1) is 11.0. The normalized spacial score (nSPS) is 10.8. The maximum atomic E-state index is 11.6. The monoisotopic (exact) mass is 249 g/mol. The van der Waals surface area contributed by atoms with Crippen LogP contribution in [0.2, 0.25) is 5.15 Å². The van der Waals surface area contributed by atoms with E-state index in [-0.39, 0.29) is 5.78 Å². The fraction of sp³-hybridized carbons (Fsp3) is 0. The molecule has 0 bridgehead atoms. The van der Waals surface area contributed by atoms with Gasteiger partial charge >= 0.3 is 0 Å². The molecule has 0 radical (unpaired) electrons. The molecule has 2 aromatic rings. The Morgan fingerprint density at radius 2 is 2.25 bits per heavy atom. The third-order valence-corrected chi connectivity index (χ3v) is 3.05. The van der Waals surface area contributed by atoms with Crippen LogP contribution in [0.1, 0.15) is 15.2 Å². The van der Waals surface area contributed by atoms with Crippen LogP contribution in [0.15, 0.2) is 41.9 Å². The number of carbonyl (C=O) groups excluding carboxylic acids is 1. The number of thiophene rings is 1. The fourth-order valence-electron chi connectivity index (χ4n) is 1.16. The highest BCUT2D eigenvalue weighted by Gasteiger charge is 2.01. The molecule has 16 heavy (non-hydrogen) atoms. The van der Waals surface area contributed by atoms with Crippen molar-refractivity contribution in [1.82, 2.24) is 4.98 Å². The highest BCUT2D eigenvalue weighted by molar-refractivity contribution is 7.12. The van der Waals surface area contributed by atoms with Crippen molar-refractivity contribution in [1.29, 1.82) is 0 Å². The quantitative estimate of drug-likeness (QED) is 0.472. The van der Waals surface area contributed by atoms with Gasteiger partial charge in [0.1, 0.15) is 5.15 Å². The molecule has 0 saturated carbocycles. The maximum absolute atomic E-state index is 11.6. The van der Waals surface area contributed by atoms with Crippen LogP contribution in [0, 0.1) is 0 Å². The second-order valence-corrected chi connectivity index (χ2v) is 4.42. The van der Waals surface area contributed by atoms with Gasteiger partial charge in [0.25, 0.3) is 0 Å². The molecule has 0 aliphatic heterocycles. The largest absolute Gasteiger partial charge is 0.288 e. The summed E-state index contributed by atoms with van der Waals surface area (Å²) in [5.41, 5.74) is 0.856. The number of pyridine rings is 1. The second-order valence-electron chi connectivity index (χ2n) is 3.09. The van der Waals surface area contributed by atoms with Gasteiger partial charge in [0.05, 0.1) is 4.88 Å². The zero-order valence-electron chi connectivity index (χ0n) is 8.26. The van der Waals surface area contributed by atoms with E-state index in [9.17, 15) is 4.79 Å². The molecule has 4 heteroatoms. The Balaban J connectivity index is 2.10. The smallest absolute Gasteiger partial charge is 0.195 e. The van der Waals surface area contributed by atoms with Crippen LogP contribution in [0.5, 0.6) is 0 Å². The molecule has 0 amide bonds. The Bertz CT molecular complexity index is 502. The SMILES string of the molecule is O=C(/C=C/c1ccc(Cl)nc1)c1cccs1.